The van der Waals surface area contributed by atoms with Gasteiger partial charge >= 0.3 is 0 Å². The Morgan fingerprint density at radius 3 is 2.56 bits per heavy atom. The number of rotatable bonds is 3. The Hall–Kier alpha value is -0.670. The van der Waals surface area contributed by atoms with Gasteiger partial charge in [-0.25, -0.2) is 0 Å². The Morgan fingerprint density at radius 2 is 2.06 bits per heavy atom. The number of carbonyl (C=O) groups is 1. The Balaban J connectivity index is 2.28. The monoisotopic (exact) mass is 238 g/mol. The molecule has 0 bridgehead atoms. The smallest absolute Gasteiger partial charge is 0.204 e. The van der Waals surface area contributed by atoms with Gasteiger partial charge in [-0.1, -0.05) is 19.3 Å². The lowest BCUT2D eigenvalue weighted by atomic mass is 9.80. The van der Waals surface area contributed by atoms with Gasteiger partial charge in [0, 0.05) is 7.11 Å². The molecular weight excluding hydrogens is 220 g/mol. The van der Waals surface area contributed by atoms with E-state index in [1.807, 2.05) is 18.4 Å². The van der Waals surface area contributed by atoms with Crippen molar-refractivity contribution in [2.24, 2.45) is 0 Å². The SMILES string of the molecule is COC1(C(=O)c2sccc2C)CCCCC1. The van der Waals surface area contributed by atoms with E-state index in [2.05, 4.69) is 0 Å². The normalized spacial score (nSPS) is 19.6. The summed E-state index contributed by atoms with van der Waals surface area (Å²) in [5, 5.41) is 1.98. The first-order valence-electron chi connectivity index (χ1n) is 5.84. The molecule has 0 amide bonds. The molecule has 0 atom stereocenters. The van der Waals surface area contributed by atoms with Gasteiger partial charge in [-0.05, 0) is 36.8 Å². The molecule has 1 heterocycles. The Labute approximate surface area is 101 Å². The van der Waals surface area contributed by atoms with Crippen LogP contribution in [0.25, 0.3) is 0 Å². The van der Waals surface area contributed by atoms with Crippen LogP contribution in [0.5, 0.6) is 0 Å². The van der Waals surface area contributed by atoms with E-state index in [1.165, 1.54) is 17.8 Å². The van der Waals surface area contributed by atoms with Crippen LogP contribution >= 0.6 is 11.3 Å². The van der Waals surface area contributed by atoms with E-state index >= 15 is 0 Å². The van der Waals surface area contributed by atoms with Crippen molar-refractivity contribution in [3.8, 4) is 0 Å². The molecule has 88 valence electrons. The Bertz CT molecular complexity index is 375. The number of thiophene rings is 1. The number of ketones is 1. The fourth-order valence-electron chi connectivity index (χ4n) is 2.46. The van der Waals surface area contributed by atoms with E-state index in [-0.39, 0.29) is 5.78 Å². The molecule has 0 radical (unpaired) electrons. The number of aryl methyl sites for hydroxylation is 1. The van der Waals surface area contributed by atoms with Crippen LogP contribution in [-0.2, 0) is 4.74 Å². The highest BCUT2D eigenvalue weighted by Crippen LogP contribution is 2.35. The maximum absolute atomic E-state index is 12.5. The largest absolute Gasteiger partial charge is 0.370 e. The van der Waals surface area contributed by atoms with E-state index in [9.17, 15) is 4.79 Å². The van der Waals surface area contributed by atoms with Gasteiger partial charge in [-0.15, -0.1) is 11.3 Å². The van der Waals surface area contributed by atoms with Gasteiger partial charge in [0.15, 0.2) is 0 Å². The Morgan fingerprint density at radius 1 is 1.38 bits per heavy atom. The molecule has 0 spiro atoms. The number of carbonyl (C=O) groups excluding carboxylic acids is 1. The van der Waals surface area contributed by atoms with Gasteiger partial charge in [-0.2, -0.15) is 0 Å². The maximum Gasteiger partial charge on any atom is 0.204 e. The summed E-state index contributed by atoms with van der Waals surface area (Å²) in [4.78, 5) is 13.4. The zero-order valence-corrected chi connectivity index (χ0v) is 10.7. The average molecular weight is 238 g/mol. The van der Waals surface area contributed by atoms with Crippen molar-refractivity contribution in [2.45, 2.75) is 44.6 Å². The van der Waals surface area contributed by atoms with Crippen LogP contribution in [0.3, 0.4) is 0 Å². The van der Waals surface area contributed by atoms with Crippen molar-refractivity contribution in [2.75, 3.05) is 7.11 Å². The summed E-state index contributed by atoms with van der Waals surface area (Å²) in [6.45, 7) is 2.00. The summed E-state index contributed by atoms with van der Waals surface area (Å²) in [7, 11) is 1.67. The summed E-state index contributed by atoms with van der Waals surface area (Å²) in [6, 6.07) is 2.00. The molecule has 0 unspecified atom stereocenters. The van der Waals surface area contributed by atoms with E-state index in [1.54, 1.807) is 7.11 Å². The van der Waals surface area contributed by atoms with Gasteiger partial charge < -0.3 is 4.74 Å². The van der Waals surface area contributed by atoms with Crippen LogP contribution in [0.2, 0.25) is 0 Å². The first-order valence-corrected chi connectivity index (χ1v) is 6.72. The topological polar surface area (TPSA) is 26.3 Å². The van der Waals surface area contributed by atoms with Crippen molar-refractivity contribution in [1.29, 1.82) is 0 Å². The molecule has 0 aliphatic heterocycles. The highest BCUT2D eigenvalue weighted by atomic mass is 32.1. The second-order valence-corrected chi connectivity index (χ2v) is 5.44. The number of ether oxygens (including phenoxy) is 1. The number of hydrogen-bond acceptors (Lipinski definition) is 3. The van der Waals surface area contributed by atoms with Crippen LogP contribution in [0.15, 0.2) is 11.4 Å². The minimum atomic E-state index is -0.534. The summed E-state index contributed by atoms with van der Waals surface area (Å²) in [6.07, 6.45) is 5.18. The van der Waals surface area contributed by atoms with Crippen molar-refractivity contribution in [3.63, 3.8) is 0 Å². The summed E-state index contributed by atoms with van der Waals surface area (Å²) < 4.78 is 5.58. The molecule has 1 aliphatic carbocycles. The number of hydrogen-bond donors (Lipinski definition) is 0. The fourth-order valence-corrected chi connectivity index (χ4v) is 3.41. The molecule has 0 N–H and O–H groups in total. The predicted octanol–water partition coefficient (Wildman–Crippen LogP) is 3.59. The number of methoxy groups -OCH3 is 1. The van der Waals surface area contributed by atoms with Crippen LogP contribution in [0.1, 0.15) is 47.3 Å². The fraction of sp³-hybridized carbons (Fsp3) is 0.615. The van der Waals surface area contributed by atoms with Gasteiger partial charge in [0.2, 0.25) is 5.78 Å². The third-order valence-electron chi connectivity index (χ3n) is 3.53. The van der Waals surface area contributed by atoms with Crippen LogP contribution in [0.4, 0.5) is 0 Å². The first kappa shape index (κ1) is 11.8. The molecule has 1 fully saturated rings. The van der Waals surface area contributed by atoms with Crippen molar-refractivity contribution in [3.05, 3.63) is 21.9 Å². The minimum absolute atomic E-state index is 0.196. The van der Waals surface area contributed by atoms with E-state index in [0.29, 0.717) is 0 Å². The van der Waals surface area contributed by atoms with Crippen LogP contribution in [-0.4, -0.2) is 18.5 Å². The molecule has 1 aromatic rings. The highest BCUT2D eigenvalue weighted by molar-refractivity contribution is 7.12. The summed E-state index contributed by atoms with van der Waals surface area (Å²) >= 11 is 1.54. The highest BCUT2D eigenvalue weighted by Gasteiger charge is 2.40. The molecule has 2 rings (SSSR count). The molecule has 0 saturated heterocycles. The molecular formula is C13H18O2S. The molecule has 1 aromatic heterocycles. The second-order valence-electron chi connectivity index (χ2n) is 4.52. The third kappa shape index (κ3) is 1.94. The van der Waals surface area contributed by atoms with E-state index in [0.717, 1.165) is 36.1 Å². The Kier molecular flexibility index (Phi) is 3.45. The third-order valence-corrected chi connectivity index (χ3v) is 4.55. The van der Waals surface area contributed by atoms with E-state index in [4.69, 9.17) is 4.74 Å². The minimum Gasteiger partial charge on any atom is -0.370 e. The summed E-state index contributed by atoms with van der Waals surface area (Å²) in [5.74, 6) is 0.196. The lowest BCUT2D eigenvalue weighted by Crippen LogP contribution is -2.42. The predicted molar refractivity (Wildman–Crippen MR) is 66.2 cm³/mol. The zero-order chi connectivity index (χ0) is 11.6. The molecule has 3 heteroatoms. The van der Waals surface area contributed by atoms with Crippen LogP contribution < -0.4 is 0 Å². The van der Waals surface area contributed by atoms with E-state index < -0.39 is 5.60 Å². The second kappa shape index (κ2) is 4.68. The zero-order valence-electron chi connectivity index (χ0n) is 9.91. The van der Waals surface area contributed by atoms with Crippen LogP contribution in [0, 0.1) is 6.92 Å². The molecule has 2 nitrogen and oxygen atoms in total. The maximum atomic E-state index is 12.5. The van der Waals surface area contributed by atoms with Crippen molar-refractivity contribution in [1.82, 2.24) is 0 Å². The quantitative estimate of drug-likeness (QED) is 0.752. The summed E-state index contributed by atoms with van der Waals surface area (Å²) in [5.41, 5.74) is 0.547. The molecule has 0 aromatic carbocycles. The molecule has 16 heavy (non-hydrogen) atoms. The van der Waals surface area contributed by atoms with Gasteiger partial charge in [0.05, 0.1) is 4.88 Å². The average Bonchev–Trinajstić information content (AvgIpc) is 2.75. The van der Waals surface area contributed by atoms with Gasteiger partial charge in [0.25, 0.3) is 0 Å². The van der Waals surface area contributed by atoms with Crippen molar-refractivity contribution < 1.29 is 9.53 Å². The van der Waals surface area contributed by atoms with Gasteiger partial charge in [-0.3, -0.25) is 4.79 Å². The molecule has 1 aliphatic rings. The lowest BCUT2D eigenvalue weighted by molar-refractivity contribution is -0.0191. The number of Topliss-reactive ketones (excluding diaryl/α,β-unsaturated/α-hetero) is 1. The van der Waals surface area contributed by atoms with Gasteiger partial charge in [0.1, 0.15) is 5.60 Å². The van der Waals surface area contributed by atoms with Crippen molar-refractivity contribution >= 4 is 17.1 Å². The lowest BCUT2D eigenvalue weighted by Gasteiger charge is -2.34. The standard InChI is InChI=1S/C13H18O2S/c1-10-6-9-16-11(10)12(14)13(15-2)7-4-3-5-8-13/h6,9H,3-5,7-8H2,1-2H3. The molecule has 1 saturated carbocycles. The first-order chi connectivity index (χ1) is 7.69.